The lowest BCUT2D eigenvalue weighted by Crippen LogP contribution is -2.28. The molecule has 0 radical (unpaired) electrons. The number of nitrogens with one attached hydrogen (secondary N) is 1. The number of aromatic hydroxyl groups is 1. The number of amides is 1. The smallest absolute Gasteiger partial charge is 0.224 e. The van der Waals surface area contributed by atoms with Gasteiger partial charge in [-0.05, 0) is 24.6 Å². The fraction of sp³-hybridized carbons (Fsp3) is 0.286. The van der Waals surface area contributed by atoms with Crippen LogP contribution in [0.4, 0.5) is 0 Å². The molecule has 2 N–H and O–H groups in total. The van der Waals surface area contributed by atoms with E-state index < -0.39 is 0 Å². The van der Waals surface area contributed by atoms with E-state index in [9.17, 15) is 9.90 Å². The van der Waals surface area contributed by atoms with E-state index in [0.29, 0.717) is 10.7 Å². The van der Waals surface area contributed by atoms with Gasteiger partial charge in [0.15, 0.2) is 5.75 Å². The Kier molecular flexibility index (Phi) is 4.29. The Morgan fingerprint density at radius 2 is 2.10 bits per heavy atom. The average Bonchev–Trinajstić information content (AvgIpc) is 2.71. The van der Waals surface area contributed by atoms with E-state index >= 15 is 0 Å². The van der Waals surface area contributed by atoms with Crippen molar-refractivity contribution in [2.45, 2.75) is 19.4 Å². The predicted octanol–water partition coefficient (Wildman–Crippen LogP) is 2.20. The summed E-state index contributed by atoms with van der Waals surface area (Å²) < 4.78 is 1.51. The van der Waals surface area contributed by atoms with E-state index in [1.807, 2.05) is 12.1 Å². The average molecular weight is 294 g/mol. The minimum Gasteiger partial charge on any atom is -0.504 e. The molecule has 1 aromatic heterocycles. The van der Waals surface area contributed by atoms with Crippen LogP contribution in [-0.2, 0) is 18.3 Å². The molecule has 0 fully saturated rings. The van der Waals surface area contributed by atoms with Crippen LogP contribution in [-0.4, -0.2) is 20.8 Å². The molecule has 6 heteroatoms. The SMILES string of the molecule is CC(NC(=O)Cc1ccc(Cl)cc1)c1nn(C)cc1O. The van der Waals surface area contributed by atoms with Crippen molar-refractivity contribution in [3.63, 3.8) is 0 Å². The van der Waals surface area contributed by atoms with Gasteiger partial charge in [0.05, 0.1) is 18.7 Å². The third kappa shape index (κ3) is 3.51. The van der Waals surface area contributed by atoms with E-state index in [1.165, 1.54) is 10.9 Å². The van der Waals surface area contributed by atoms with E-state index in [1.54, 1.807) is 26.1 Å². The predicted molar refractivity (Wildman–Crippen MR) is 76.6 cm³/mol. The molecule has 1 atom stereocenters. The highest BCUT2D eigenvalue weighted by Crippen LogP contribution is 2.21. The van der Waals surface area contributed by atoms with Gasteiger partial charge in [0.1, 0.15) is 5.69 Å². The zero-order valence-corrected chi connectivity index (χ0v) is 12.1. The first-order valence-corrected chi connectivity index (χ1v) is 6.60. The zero-order valence-electron chi connectivity index (χ0n) is 11.3. The Morgan fingerprint density at radius 1 is 1.45 bits per heavy atom. The molecule has 20 heavy (non-hydrogen) atoms. The van der Waals surface area contributed by atoms with Gasteiger partial charge in [-0.3, -0.25) is 9.48 Å². The summed E-state index contributed by atoms with van der Waals surface area (Å²) in [6.45, 7) is 1.78. The molecule has 0 saturated heterocycles. The maximum atomic E-state index is 11.9. The number of benzene rings is 1. The van der Waals surface area contributed by atoms with Crippen molar-refractivity contribution >= 4 is 17.5 Å². The molecule has 106 valence electrons. The number of halogens is 1. The molecule has 0 aliphatic carbocycles. The number of nitrogens with zero attached hydrogens (tertiary/aromatic N) is 2. The van der Waals surface area contributed by atoms with Crippen LogP contribution in [0.2, 0.25) is 5.02 Å². The molecular weight excluding hydrogens is 278 g/mol. The zero-order chi connectivity index (χ0) is 14.7. The molecule has 1 amide bonds. The number of carbonyl (C=O) groups is 1. The van der Waals surface area contributed by atoms with Crippen LogP contribution in [0.3, 0.4) is 0 Å². The Hall–Kier alpha value is -2.01. The first kappa shape index (κ1) is 14.4. The van der Waals surface area contributed by atoms with Gasteiger partial charge in [-0.2, -0.15) is 5.10 Å². The van der Waals surface area contributed by atoms with Gasteiger partial charge in [-0.1, -0.05) is 23.7 Å². The van der Waals surface area contributed by atoms with Crippen molar-refractivity contribution in [2.75, 3.05) is 0 Å². The third-order valence-corrected chi connectivity index (χ3v) is 3.15. The lowest BCUT2D eigenvalue weighted by Gasteiger charge is -2.12. The topological polar surface area (TPSA) is 67.2 Å². The standard InChI is InChI=1S/C14H16ClN3O2/c1-9(14-12(19)8-18(2)17-14)16-13(20)7-10-3-5-11(15)6-4-10/h3-6,8-9,19H,7H2,1-2H3,(H,16,20). The summed E-state index contributed by atoms with van der Waals surface area (Å²) in [5.74, 6) is -0.0586. The highest BCUT2D eigenvalue weighted by Gasteiger charge is 2.16. The normalized spacial score (nSPS) is 12.2. The second-order valence-corrected chi connectivity index (χ2v) is 5.10. The second kappa shape index (κ2) is 5.96. The largest absolute Gasteiger partial charge is 0.504 e. The summed E-state index contributed by atoms with van der Waals surface area (Å²) in [6, 6.07) is 6.77. The van der Waals surface area contributed by atoms with Crippen LogP contribution in [0.5, 0.6) is 5.75 Å². The van der Waals surface area contributed by atoms with E-state index in [4.69, 9.17) is 11.6 Å². The summed E-state index contributed by atoms with van der Waals surface area (Å²) in [5, 5.41) is 17.2. The van der Waals surface area contributed by atoms with Crippen molar-refractivity contribution in [3.8, 4) is 5.75 Å². The van der Waals surface area contributed by atoms with E-state index in [2.05, 4.69) is 10.4 Å². The minimum absolute atomic E-state index is 0.0757. The Balaban J connectivity index is 1.97. The van der Waals surface area contributed by atoms with Crippen molar-refractivity contribution in [3.05, 3.63) is 46.7 Å². The number of rotatable bonds is 4. The first-order chi connectivity index (χ1) is 9.45. The maximum absolute atomic E-state index is 11.9. The van der Waals surface area contributed by atoms with Gasteiger partial charge < -0.3 is 10.4 Å². The number of carbonyl (C=O) groups excluding carboxylic acids is 1. The van der Waals surface area contributed by atoms with Gasteiger partial charge in [-0.15, -0.1) is 0 Å². The molecule has 1 unspecified atom stereocenters. The van der Waals surface area contributed by atoms with Crippen LogP contribution in [0, 0.1) is 0 Å². The van der Waals surface area contributed by atoms with Crippen molar-refractivity contribution in [1.82, 2.24) is 15.1 Å². The van der Waals surface area contributed by atoms with Crippen molar-refractivity contribution in [2.24, 2.45) is 7.05 Å². The quantitative estimate of drug-likeness (QED) is 0.908. The molecule has 0 bridgehead atoms. The molecule has 1 aromatic carbocycles. The third-order valence-electron chi connectivity index (χ3n) is 2.90. The van der Waals surface area contributed by atoms with E-state index in [0.717, 1.165) is 5.56 Å². The maximum Gasteiger partial charge on any atom is 0.224 e. The molecule has 0 saturated carbocycles. The molecule has 2 aromatic rings. The minimum atomic E-state index is -0.351. The fourth-order valence-corrected chi connectivity index (χ4v) is 2.08. The van der Waals surface area contributed by atoms with Gasteiger partial charge in [0.25, 0.3) is 0 Å². The summed E-state index contributed by atoms with van der Waals surface area (Å²) >= 11 is 5.79. The van der Waals surface area contributed by atoms with Crippen LogP contribution in [0.1, 0.15) is 24.2 Å². The number of aryl methyl sites for hydroxylation is 1. The van der Waals surface area contributed by atoms with Gasteiger partial charge >= 0.3 is 0 Å². The van der Waals surface area contributed by atoms with Crippen LogP contribution < -0.4 is 5.32 Å². The van der Waals surface area contributed by atoms with Crippen LogP contribution >= 0.6 is 11.6 Å². The Bertz CT molecular complexity index is 607. The monoisotopic (exact) mass is 293 g/mol. The van der Waals surface area contributed by atoms with Crippen LogP contribution in [0.15, 0.2) is 30.5 Å². The number of hydrogen-bond acceptors (Lipinski definition) is 3. The van der Waals surface area contributed by atoms with Crippen molar-refractivity contribution in [1.29, 1.82) is 0 Å². The fourth-order valence-electron chi connectivity index (χ4n) is 1.95. The summed E-state index contributed by atoms with van der Waals surface area (Å²) in [4.78, 5) is 11.9. The van der Waals surface area contributed by atoms with Gasteiger partial charge in [-0.25, -0.2) is 0 Å². The number of hydrogen-bond donors (Lipinski definition) is 2. The molecule has 1 heterocycles. The van der Waals surface area contributed by atoms with Crippen molar-refractivity contribution < 1.29 is 9.90 Å². The molecule has 5 nitrogen and oxygen atoms in total. The molecular formula is C14H16ClN3O2. The van der Waals surface area contributed by atoms with Gasteiger partial charge in [0, 0.05) is 12.1 Å². The Labute approximate surface area is 122 Å². The molecule has 0 aliphatic rings. The van der Waals surface area contributed by atoms with Gasteiger partial charge in [0.2, 0.25) is 5.91 Å². The lowest BCUT2D eigenvalue weighted by atomic mass is 10.1. The lowest BCUT2D eigenvalue weighted by molar-refractivity contribution is -0.121. The second-order valence-electron chi connectivity index (χ2n) is 4.67. The molecule has 0 aliphatic heterocycles. The Morgan fingerprint density at radius 3 is 2.65 bits per heavy atom. The first-order valence-electron chi connectivity index (χ1n) is 6.22. The summed E-state index contributed by atoms with van der Waals surface area (Å²) in [6.07, 6.45) is 1.76. The summed E-state index contributed by atoms with van der Waals surface area (Å²) in [5.41, 5.74) is 1.33. The summed E-state index contributed by atoms with van der Waals surface area (Å²) in [7, 11) is 1.71. The number of aromatic nitrogens is 2. The van der Waals surface area contributed by atoms with E-state index in [-0.39, 0.29) is 24.1 Å². The highest BCUT2D eigenvalue weighted by atomic mass is 35.5. The highest BCUT2D eigenvalue weighted by molar-refractivity contribution is 6.30. The molecule has 0 spiro atoms. The molecule has 2 rings (SSSR count). The van der Waals surface area contributed by atoms with Crippen LogP contribution in [0.25, 0.3) is 0 Å².